The van der Waals surface area contributed by atoms with Gasteiger partial charge in [0.1, 0.15) is 11.3 Å². The molecule has 2 atom stereocenters. The monoisotopic (exact) mass is 379 g/mol. The fourth-order valence-corrected chi connectivity index (χ4v) is 4.47. The smallest absolute Gasteiger partial charge is 0.339 e. The maximum absolute atomic E-state index is 12.7. The van der Waals surface area contributed by atoms with Gasteiger partial charge in [-0.05, 0) is 26.0 Å². The van der Waals surface area contributed by atoms with Crippen molar-refractivity contribution in [3.63, 3.8) is 0 Å². The highest BCUT2D eigenvalue weighted by Gasteiger charge is 2.33. The van der Waals surface area contributed by atoms with Crippen LogP contribution in [0.4, 0.5) is 0 Å². The molecule has 10 heteroatoms. The molecule has 0 aliphatic carbocycles. The number of nitrogens with zero attached hydrogens (tertiary/aromatic N) is 1. The first kappa shape index (κ1) is 20.4. The lowest BCUT2D eigenvalue weighted by atomic mass is 10.2. The Labute approximate surface area is 142 Å². The molecule has 1 aromatic carbocycles. The summed E-state index contributed by atoms with van der Waals surface area (Å²) in [5, 5.41) is 8.14. The molecule has 0 bridgehead atoms. The van der Waals surface area contributed by atoms with Gasteiger partial charge in [0.05, 0.1) is 17.3 Å². The van der Waals surface area contributed by atoms with Gasteiger partial charge >= 0.3 is 5.97 Å². The van der Waals surface area contributed by atoms with Crippen LogP contribution in [0.25, 0.3) is 0 Å². The van der Waals surface area contributed by atoms with E-state index in [0.717, 1.165) is 28.8 Å². The van der Waals surface area contributed by atoms with Gasteiger partial charge in [0.2, 0.25) is 10.0 Å². The Balaban J connectivity index is 3.32. The molecule has 1 rings (SSSR count). The molecule has 0 fully saturated rings. The molecule has 2 unspecified atom stereocenters. The number of aromatic carboxylic acids is 1. The van der Waals surface area contributed by atoms with Crippen molar-refractivity contribution in [2.75, 3.05) is 20.4 Å². The van der Waals surface area contributed by atoms with Gasteiger partial charge in [-0.1, -0.05) is 0 Å². The number of ether oxygens (including phenoxy) is 1. The molecule has 0 radical (unpaired) electrons. The summed E-state index contributed by atoms with van der Waals surface area (Å²) in [6.45, 7) is 2.92. The highest BCUT2D eigenvalue weighted by molar-refractivity contribution is 7.91. The predicted octanol–water partition coefficient (Wildman–Crippen LogP) is 0.836. The molecule has 0 saturated carbocycles. The molecule has 0 saturated heterocycles. The fraction of sp³-hybridized carbons (Fsp3) is 0.500. The topological polar surface area (TPSA) is 118 Å². The van der Waals surface area contributed by atoms with Crippen molar-refractivity contribution in [3.8, 4) is 5.75 Å². The third-order valence-electron chi connectivity index (χ3n) is 4.01. The van der Waals surface area contributed by atoms with Gasteiger partial charge in [-0.15, -0.1) is 0 Å². The minimum Gasteiger partial charge on any atom is -0.496 e. The van der Waals surface area contributed by atoms with Crippen LogP contribution in [0.5, 0.6) is 5.75 Å². The standard InChI is InChI=1S/C14H21NO7S2/c1-9(10(2)23(5,18)19)15(3)24(20,21)11-6-7-12(14(16)17)13(8-11)22-4/h6-10H,1-5H3,(H,16,17). The molecule has 1 aromatic rings. The van der Waals surface area contributed by atoms with Crippen molar-refractivity contribution in [1.82, 2.24) is 4.31 Å². The SMILES string of the molecule is COc1cc(S(=O)(=O)N(C)C(C)C(C)S(C)(=O)=O)ccc1C(=O)O. The van der Waals surface area contributed by atoms with Crippen LogP contribution in [-0.4, -0.2) is 63.9 Å². The predicted molar refractivity (Wildman–Crippen MR) is 88.7 cm³/mol. The third-order valence-corrected chi connectivity index (χ3v) is 7.69. The average molecular weight is 379 g/mol. The lowest BCUT2D eigenvalue weighted by Gasteiger charge is -2.28. The lowest BCUT2D eigenvalue weighted by molar-refractivity contribution is 0.0693. The van der Waals surface area contributed by atoms with Crippen molar-refractivity contribution < 1.29 is 31.5 Å². The lowest BCUT2D eigenvalue weighted by Crippen LogP contribution is -2.44. The molecule has 0 spiro atoms. The van der Waals surface area contributed by atoms with Gasteiger partial charge in [0.15, 0.2) is 9.84 Å². The van der Waals surface area contributed by atoms with Crippen LogP contribution in [0.2, 0.25) is 0 Å². The van der Waals surface area contributed by atoms with Crippen molar-refractivity contribution >= 4 is 25.8 Å². The van der Waals surface area contributed by atoms with E-state index >= 15 is 0 Å². The summed E-state index contributed by atoms with van der Waals surface area (Å²) in [7, 11) is -4.94. The Kier molecular flexibility index (Phi) is 6.01. The van der Waals surface area contributed by atoms with Crippen molar-refractivity contribution in [2.24, 2.45) is 0 Å². The van der Waals surface area contributed by atoms with Crippen LogP contribution < -0.4 is 4.74 Å². The number of carbonyl (C=O) groups is 1. The molecule has 0 aliphatic rings. The normalized spacial score (nSPS) is 15.1. The van der Waals surface area contributed by atoms with E-state index in [1.54, 1.807) is 0 Å². The molecule has 24 heavy (non-hydrogen) atoms. The minimum atomic E-state index is -4.02. The Bertz CT molecular complexity index is 831. The first-order chi connectivity index (χ1) is 10.8. The van der Waals surface area contributed by atoms with Crippen LogP contribution >= 0.6 is 0 Å². The van der Waals surface area contributed by atoms with E-state index in [1.807, 2.05) is 0 Å². The van der Waals surface area contributed by atoms with Gasteiger partial charge in [0, 0.05) is 25.4 Å². The van der Waals surface area contributed by atoms with Crippen LogP contribution in [0.15, 0.2) is 23.1 Å². The second-order valence-corrected chi connectivity index (χ2v) is 9.86. The number of sulfonamides is 1. The highest BCUT2D eigenvalue weighted by Crippen LogP contribution is 2.26. The maximum Gasteiger partial charge on any atom is 0.339 e. The minimum absolute atomic E-state index is 0.0965. The Morgan fingerprint density at radius 1 is 1.21 bits per heavy atom. The van der Waals surface area contributed by atoms with Gasteiger partial charge in [-0.25, -0.2) is 21.6 Å². The molecule has 8 nitrogen and oxygen atoms in total. The maximum atomic E-state index is 12.7. The number of sulfone groups is 1. The van der Waals surface area contributed by atoms with Crippen molar-refractivity contribution in [3.05, 3.63) is 23.8 Å². The van der Waals surface area contributed by atoms with Crippen LogP contribution in [0.3, 0.4) is 0 Å². The molecule has 0 aromatic heterocycles. The zero-order valence-corrected chi connectivity index (χ0v) is 15.7. The summed E-state index contributed by atoms with van der Waals surface area (Å²) in [5.74, 6) is -1.34. The average Bonchev–Trinajstić information content (AvgIpc) is 2.50. The fourth-order valence-electron chi connectivity index (χ4n) is 2.05. The summed E-state index contributed by atoms with van der Waals surface area (Å²) >= 11 is 0. The zero-order valence-electron chi connectivity index (χ0n) is 14.0. The molecule has 0 heterocycles. The summed E-state index contributed by atoms with van der Waals surface area (Å²) in [6.07, 6.45) is 1.04. The molecule has 0 amide bonds. The first-order valence-electron chi connectivity index (χ1n) is 6.92. The Hall–Kier alpha value is -1.65. The summed E-state index contributed by atoms with van der Waals surface area (Å²) in [5.41, 5.74) is -0.170. The number of benzene rings is 1. The molecule has 1 N–H and O–H groups in total. The van der Waals surface area contributed by atoms with E-state index < -0.39 is 37.1 Å². The largest absolute Gasteiger partial charge is 0.496 e. The number of carboxylic acid groups (broad SMARTS) is 1. The molecule has 136 valence electrons. The van der Waals surface area contributed by atoms with E-state index in [2.05, 4.69) is 0 Å². The van der Waals surface area contributed by atoms with Gasteiger partial charge in [-0.2, -0.15) is 4.31 Å². The highest BCUT2D eigenvalue weighted by atomic mass is 32.2. The summed E-state index contributed by atoms with van der Waals surface area (Å²) < 4.78 is 54.5. The van der Waals surface area contributed by atoms with Gasteiger partial charge in [0.25, 0.3) is 0 Å². The third kappa shape index (κ3) is 4.05. The zero-order chi connectivity index (χ0) is 18.9. The van der Waals surface area contributed by atoms with E-state index in [1.165, 1.54) is 28.0 Å². The second kappa shape index (κ2) is 7.08. The summed E-state index contributed by atoms with van der Waals surface area (Å²) in [6, 6.07) is 2.57. The molecular formula is C14H21NO7S2. The number of hydrogen-bond donors (Lipinski definition) is 1. The van der Waals surface area contributed by atoms with Gasteiger partial charge < -0.3 is 9.84 Å². The van der Waals surface area contributed by atoms with Crippen LogP contribution in [0.1, 0.15) is 24.2 Å². The second-order valence-electron chi connectivity index (χ2n) is 5.46. The molecular weight excluding hydrogens is 358 g/mol. The first-order valence-corrected chi connectivity index (χ1v) is 10.3. The Morgan fingerprint density at radius 3 is 2.17 bits per heavy atom. The quantitative estimate of drug-likeness (QED) is 0.745. The molecule has 0 aliphatic heterocycles. The van der Waals surface area contributed by atoms with E-state index in [0.29, 0.717) is 0 Å². The number of methoxy groups -OCH3 is 1. The number of rotatable bonds is 7. The van der Waals surface area contributed by atoms with E-state index in [-0.39, 0.29) is 16.2 Å². The van der Waals surface area contributed by atoms with Crippen molar-refractivity contribution in [1.29, 1.82) is 0 Å². The number of carboxylic acids is 1. The van der Waals surface area contributed by atoms with Crippen LogP contribution in [0, 0.1) is 0 Å². The Morgan fingerprint density at radius 2 is 1.75 bits per heavy atom. The van der Waals surface area contributed by atoms with E-state index in [9.17, 15) is 21.6 Å². The van der Waals surface area contributed by atoms with Crippen LogP contribution in [-0.2, 0) is 19.9 Å². The van der Waals surface area contributed by atoms with E-state index in [4.69, 9.17) is 9.84 Å². The number of hydrogen-bond acceptors (Lipinski definition) is 6. The summed E-state index contributed by atoms with van der Waals surface area (Å²) in [4.78, 5) is 10.9. The van der Waals surface area contributed by atoms with Gasteiger partial charge in [-0.3, -0.25) is 0 Å². The van der Waals surface area contributed by atoms with Crippen molar-refractivity contribution in [2.45, 2.75) is 30.0 Å².